The van der Waals surface area contributed by atoms with E-state index in [-0.39, 0.29) is 24.2 Å². The third-order valence-corrected chi connectivity index (χ3v) is 7.33. The highest BCUT2D eigenvalue weighted by atomic mass is 16.7. The van der Waals surface area contributed by atoms with Crippen molar-refractivity contribution in [3.63, 3.8) is 0 Å². The predicted octanol–water partition coefficient (Wildman–Crippen LogP) is 2.70. The molecule has 4 N–H and O–H groups in total. The van der Waals surface area contributed by atoms with Crippen LogP contribution < -0.4 is 4.74 Å². The summed E-state index contributed by atoms with van der Waals surface area (Å²) in [7, 11) is 0. The van der Waals surface area contributed by atoms with Crippen molar-refractivity contribution in [2.45, 2.75) is 95.4 Å². The number of ether oxygens (including phenoxy) is 3. The van der Waals surface area contributed by atoms with E-state index in [0.29, 0.717) is 29.7 Å². The molecular formula is C26H36O8. The van der Waals surface area contributed by atoms with Gasteiger partial charge in [-0.15, -0.1) is 0 Å². The Morgan fingerprint density at radius 2 is 1.94 bits per heavy atom. The van der Waals surface area contributed by atoms with Crippen molar-refractivity contribution < 1.29 is 39.4 Å². The van der Waals surface area contributed by atoms with Gasteiger partial charge in [0.25, 0.3) is 0 Å². The lowest BCUT2D eigenvalue weighted by Gasteiger charge is -2.46. The number of phenols is 1. The number of hydrogen-bond donors (Lipinski definition) is 4. The van der Waals surface area contributed by atoms with Crippen molar-refractivity contribution in [3.05, 3.63) is 34.9 Å². The summed E-state index contributed by atoms with van der Waals surface area (Å²) in [6.07, 6.45) is 1.50. The molecular weight excluding hydrogens is 440 g/mol. The number of rotatable bonds is 6. The van der Waals surface area contributed by atoms with Crippen LogP contribution in [-0.4, -0.2) is 63.2 Å². The minimum absolute atomic E-state index is 0.0573. The van der Waals surface area contributed by atoms with Gasteiger partial charge in [-0.25, -0.2) is 4.79 Å². The first-order chi connectivity index (χ1) is 16.1. The molecule has 3 aliphatic rings. The second-order valence-corrected chi connectivity index (χ2v) is 10.2. The fourth-order valence-corrected chi connectivity index (χ4v) is 5.37. The zero-order valence-corrected chi connectivity index (χ0v) is 20.1. The van der Waals surface area contributed by atoms with Gasteiger partial charge in [-0.05, 0) is 57.2 Å². The highest BCUT2D eigenvalue weighted by Crippen LogP contribution is 2.53. The van der Waals surface area contributed by atoms with Crippen LogP contribution in [0.5, 0.6) is 11.5 Å². The Morgan fingerprint density at radius 1 is 1.18 bits per heavy atom. The molecule has 8 nitrogen and oxygen atoms in total. The number of aryl methyl sites for hydroxylation is 1. The number of phenolic OH excluding ortho intramolecular Hbond substituents is 1. The Kier molecular flexibility index (Phi) is 7.24. The van der Waals surface area contributed by atoms with Crippen molar-refractivity contribution in [1.29, 1.82) is 0 Å². The molecule has 0 radical (unpaired) electrons. The first kappa shape index (κ1) is 25.0. The molecule has 6 atom stereocenters. The van der Waals surface area contributed by atoms with Crippen LogP contribution in [0.1, 0.15) is 69.9 Å². The van der Waals surface area contributed by atoms with Gasteiger partial charge in [-0.2, -0.15) is 0 Å². The maximum atomic E-state index is 12.9. The molecule has 4 unspecified atom stereocenters. The van der Waals surface area contributed by atoms with Crippen LogP contribution in [0.4, 0.5) is 0 Å². The smallest absolute Gasteiger partial charge is 0.336 e. The van der Waals surface area contributed by atoms with E-state index in [4.69, 9.17) is 14.2 Å². The van der Waals surface area contributed by atoms with Crippen LogP contribution in [0, 0.1) is 5.92 Å². The number of aliphatic hydroxyl groups excluding tert-OH is 3. The van der Waals surface area contributed by atoms with Crippen LogP contribution in [0.25, 0.3) is 0 Å². The van der Waals surface area contributed by atoms with Gasteiger partial charge in [-0.3, -0.25) is 0 Å². The number of aromatic hydroxyl groups is 1. The molecule has 1 aliphatic carbocycles. The minimum atomic E-state index is -1.54. The van der Waals surface area contributed by atoms with Gasteiger partial charge in [0.1, 0.15) is 35.4 Å². The van der Waals surface area contributed by atoms with E-state index in [2.05, 4.69) is 6.92 Å². The molecule has 1 aromatic carbocycles. The number of unbranched alkanes of at least 4 members (excludes halogenated alkanes) is 2. The summed E-state index contributed by atoms with van der Waals surface area (Å²) in [5.41, 5.74) is 1.65. The van der Waals surface area contributed by atoms with Crippen molar-refractivity contribution >= 4 is 5.97 Å². The van der Waals surface area contributed by atoms with Gasteiger partial charge >= 0.3 is 5.97 Å². The molecule has 2 heterocycles. The average Bonchev–Trinajstić information content (AvgIpc) is 2.78. The third kappa shape index (κ3) is 4.82. The second-order valence-electron chi connectivity index (χ2n) is 10.2. The monoisotopic (exact) mass is 476 g/mol. The average molecular weight is 477 g/mol. The van der Waals surface area contributed by atoms with E-state index in [1.165, 1.54) is 0 Å². The van der Waals surface area contributed by atoms with Crippen LogP contribution in [0.2, 0.25) is 0 Å². The highest BCUT2D eigenvalue weighted by Gasteiger charge is 2.47. The summed E-state index contributed by atoms with van der Waals surface area (Å²) in [6, 6.07) is 3.80. The second kappa shape index (κ2) is 9.85. The van der Waals surface area contributed by atoms with Crippen LogP contribution in [0.15, 0.2) is 23.8 Å². The number of carbonyl (C=O) groups is 1. The van der Waals surface area contributed by atoms with Crippen molar-refractivity contribution in [1.82, 2.24) is 0 Å². The molecule has 0 bridgehead atoms. The van der Waals surface area contributed by atoms with E-state index in [1.807, 2.05) is 26.0 Å². The minimum Gasteiger partial charge on any atom is -0.507 e. The lowest BCUT2D eigenvalue weighted by atomic mass is 9.67. The maximum Gasteiger partial charge on any atom is 0.336 e. The van der Waals surface area contributed by atoms with Crippen LogP contribution in [-0.2, 0) is 20.7 Å². The van der Waals surface area contributed by atoms with E-state index in [9.17, 15) is 25.2 Å². The van der Waals surface area contributed by atoms with Crippen LogP contribution >= 0.6 is 0 Å². The van der Waals surface area contributed by atoms with E-state index in [1.54, 1.807) is 6.07 Å². The van der Waals surface area contributed by atoms with Gasteiger partial charge in [0.2, 0.25) is 6.29 Å². The fraction of sp³-hybridized carbons (Fsp3) is 0.654. The van der Waals surface area contributed by atoms with E-state index in [0.717, 1.165) is 31.2 Å². The van der Waals surface area contributed by atoms with Crippen molar-refractivity contribution in [2.75, 3.05) is 6.61 Å². The molecule has 0 spiro atoms. The molecule has 0 aromatic heterocycles. The molecule has 0 amide bonds. The predicted molar refractivity (Wildman–Crippen MR) is 123 cm³/mol. The Bertz CT molecular complexity index is 939. The number of esters is 1. The summed E-state index contributed by atoms with van der Waals surface area (Å²) in [6.45, 7) is 5.98. The zero-order valence-electron chi connectivity index (χ0n) is 20.1. The Morgan fingerprint density at radius 3 is 2.68 bits per heavy atom. The molecule has 8 heteroatoms. The Hall–Kier alpha value is -2.13. The largest absolute Gasteiger partial charge is 0.507 e. The summed E-state index contributed by atoms with van der Waals surface area (Å²) >= 11 is 0. The van der Waals surface area contributed by atoms with Crippen molar-refractivity contribution in [2.24, 2.45) is 5.92 Å². The van der Waals surface area contributed by atoms with Gasteiger partial charge < -0.3 is 34.6 Å². The molecule has 0 saturated carbocycles. The molecule has 34 heavy (non-hydrogen) atoms. The quantitative estimate of drug-likeness (QED) is 0.365. The first-order valence-corrected chi connectivity index (χ1v) is 12.2. The third-order valence-electron chi connectivity index (χ3n) is 7.33. The highest BCUT2D eigenvalue weighted by molar-refractivity contribution is 5.89. The maximum absolute atomic E-state index is 12.9. The number of benzene rings is 1. The molecule has 1 aromatic rings. The normalized spacial score (nSPS) is 32.1. The number of hydrogen-bond acceptors (Lipinski definition) is 8. The van der Waals surface area contributed by atoms with E-state index >= 15 is 0 Å². The van der Waals surface area contributed by atoms with Crippen molar-refractivity contribution in [3.8, 4) is 11.5 Å². The fourth-order valence-electron chi connectivity index (χ4n) is 5.37. The summed E-state index contributed by atoms with van der Waals surface area (Å²) in [5.74, 6) is -0.00544. The lowest BCUT2D eigenvalue weighted by molar-refractivity contribution is -0.261. The lowest BCUT2D eigenvalue weighted by Crippen LogP contribution is -2.54. The molecule has 1 fully saturated rings. The first-order valence-electron chi connectivity index (χ1n) is 12.2. The van der Waals surface area contributed by atoms with Gasteiger partial charge in [0, 0.05) is 23.0 Å². The SMILES string of the molecule is CCCCCc1cc(O)c2c(c1)OC(C)(C)[C@@H]1CCC(C(=O)OC3OCC(O)C(O)C3O)=C[C@@H]21. The Balaban J connectivity index is 1.58. The van der Waals surface area contributed by atoms with Gasteiger partial charge in [0.15, 0.2) is 0 Å². The number of aliphatic hydroxyl groups is 3. The number of carbonyl (C=O) groups excluding carboxylic acids is 1. The number of allylic oxidation sites excluding steroid dienone is 1. The zero-order chi connectivity index (χ0) is 24.6. The molecule has 1 saturated heterocycles. The standard InChI is InChI=1S/C26H36O8/c1-4-5-6-7-14-10-18(27)21-16-12-15(8-9-17(16)26(2,3)34-20(21)11-14)24(31)33-25-23(30)22(29)19(28)13-32-25/h10-12,16-17,19,22-23,25,27-30H,4-9,13H2,1-3H3/t16-,17-,19?,22?,23?,25?/m1/s1. The summed E-state index contributed by atoms with van der Waals surface area (Å²) in [5, 5.41) is 40.5. The summed E-state index contributed by atoms with van der Waals surface area (Å²) in [4.78, 5) is 12.9. The molecule has 4 rings (SSSR count). The Labute approximate surface area is 200 Å². The number of fused-ring (bicyclic) bond motifs is 3. The van der Waals surface area contributed by atoms with E-state index < -0.39 is 36.2 Å². The van der Waals surface area contributed by atoms with Gasteiger partial charge in [-0.1, -0.05) is 25.8 Å². The van der Waals surface area contributed by atoms with Gasteiger partial charge in [0.05, 0.1) is 6.61 Å². The topological polar surface area (TPSA) is 126 Å². The molecule has 188 valence electrons. The summed E-state index contributed by atoms with van der Waals surface area (Å²) < 4.78 is 16.9. The molecule has 2 aliphatic heterocycles. The van der Waals surface area contributed by atoms with Crippen LogP contribution in [0.3, 0.4) is 0 Å².